The number of ether oxygens (including phenoxy) is 2. The van der Waals surface area contributed by atoms with Crippen LogP contribution >= 0.6 is 0 Å². The highest BCUT2D eigenvalue weighted by Gasteiger charge is 2.16. The van der Waals surface area contributed by atoms with Crippen LogP contribution in [-0.4, -0.2) is 65.3 Å². The molecule has 0 spiro atoms. The van der Waals surface area contributed by atoms with E-state index in [-0.39, 0.29) is 11.5 Å². The number of Topliss-reactive ketones (excluding diaryl/α,β-unsaturated/α-hetero) is 1. The number of rotatable bonds is 13. The number of ketones is 1. The summed E-state index contributed by atoms with van der Waals surface area (Å²) in [6.45, 7) is 19.8. The third-order valence-corrected chi connectivity index (χ3v) is 7.42. The Bertz CT molecular complexity index is 1590. The summed E-state index contributed by atoms with van der Waals surface area (Å²) in [5.41, 5.74) is 8.70. The van der Waals surface area contributed by atoms with Gasteiger partial charge >= 0.3 is 0 Å². The molecule has 4 rings (SSSR count). The zero-order valence-electron chi connectivity index (χ0n) is 31.8. The van der Waals surface area contributed by atoms with E-state index in [9.17, 15) is 14.3 Å². The van der Waals surface area contributed by atoms with Gasteiger partial charge in [-0.2, -0.15) is 0 Å². The van der Waals surface area contributed by atoms with Crippen LogP contribution in [0.3, 0.4) is 0 Å². The van der Waals surface area contributed by atoms with Crippen molar-refractivity contribution in [3.05, 3.63) is 94.8 Å². The minimum absolute atomic E-state index is 0.0486. The van der Waals surface area contributed by atoms with Crippen LogP contribution in [0.4, 0.5) is 10.1 Å². The highest BCUT2D eigenvalue weighted by molar-refractivity contribution is 5.91. The minimum atomic E-state index is -0.618. The zero-order valence-corrected chi connectivity index (χ0v) is 31.8. The van der Waals surface area contributed by atoms with Crippen LogP contribution in [0, 0.1) is 12.7 Å². The number of benzene rings is 2. The van der Waals surface area contributed by atoms with Crippen LogP contribution in [0.2, 0.25) is 0 Å². The molecule has 3 N–H and O–H groups in total. The van der Waals surface area contributed by atoms with Gasteiger partial charge in [0.2, 0.25) is 0 Å². The molecule has 0 unspecified atom stereocenters. The fourth-order valence-corrected chi connectivity index (χ4v) is 4.80. The monoisotopic (exact) mass is 691 g/mol. The predicted molar refractivity (Wildman–Crippen MR) is 204 cm³/mol. The Morgan fingerprint density at radius 3 is 2.08 bits per heavy atom. The second-order valence-corrected chi connectivity index (χ2v) is 11.5. The molecule has 2 heterocycles. The summed E-state index contributed by atoms with van der Waals surface area (Å²) < 4.78 is 23.4. The standard InChI is InChI=1S/C25H30FN3O.C7H8N2O.2C4H10O/c1-6-9-22-21(8-3)28-25(29-22)15(4)18-11-10-17(12-23(18)27-5)19-14-20(26)24(30)13-16(19)7-2;1-5-3-9-7(4-8-5)6(2)10;2*1-3-4-5-2/h10-14,27,30H,4,6-9H2,1-3,5H3,(H,28,29);3-4H,1-2H3;2*3-4H2,1-2H3. The number of carbonyl (C=O) groups is 1. The summed E-state index contributed by atoms with van der Waals surface area (Å²) in [6, 6.07) is 8.84. The number of nitrogens with one attached hydrogen (secondary N) is 2. The lowest BCUT2D eigenvalue weighted by atomic mass is 9.94. The lowest BCUT2D eigenvalue weighted by Gasteiger charge is -2.15. The Labute approximate surface area is 298 Å². The highest BCUT2D eigenvalue weighted by atomic mass is 19.1. The van der Waals surface area contributed by atoms with Crippen molar-refractivity contribution in [2.45, 2.75) is 87.0 Å². The summed E-state index contributed by atoms with van der Waals surface area (Å²) in [4.78, 5) is 26.7. The Hall–Kier alpha value is -4.41. The third kappa shape index (κ3) is 13.8. The molecule has 4 aromatic rings. The first-order valence-corrected chi connectivity index (χ1v) is 17.3. The number of hydrogen-bond acceptors (Lipinski definition) is 8. The van der Waals surface area contributed by atoms with Gasteiger partial charge in [0, 0.05) is 70.1 Å². The van der Waals surface area contributed by atoms with Gasteiger partial charge in [-0.3, -0.25) is 9.78 Å². The number of halogens is 1. The number of methoxy groups -OCH3 is 2. The van der Waals surface area contributed by atoms with Crippen LogP contribution < -0.4 is 5.32 Å². The number of hydrogen-bond donors (Lipinski definition) is 3. The van der Waals surface area contributed by atoms with Crippen LogP contribution in [0.15, 0.2) is 49.3 Å². The topological polar surface area (TPSA) is 122 Å². The molecule has 0 aliphatic rings. The Morgan fingerprint density at radius 1 is 0.960 bits per heavy atom. The van der Waals surface area contributed by atoms with E-state index in [0.29, 0.717) is 12.1 Å². The predicted octanol–water partition coefficient (Wildman–Crippen LogP) is 9.18. The molecule has 0 radical (unpaired) electrons. The molecule has 0 aliphatic carbocycles. The number of imidazole rings is 1. The van der Waals surface area contributed by atoms with E-state index in [2.05, 4.69) is 54.5 Å². The number of carbonyl (C=O) groups excluding carboxylic acids is 1. The van der Waals surface area contributed by atoms with Gasteiger partial charge in [-0.05, 0) is 73.9 Å². The zero-order chi connectivity index (χ0) is 37.6. The number of aryl methyl sites for hydroxylation is 4. The van der Waals surface area contributed by atoms with E-state index in [1.165, 1.54) is 30.9 Å². The van der Waals surface area contributed by atoms with E-state index in [1.807, 2.05) is 39.1 Å². The smallest absolute Gasteiger partial charge is 0.179 e. The Morgan fingerprint density at radius 2 is 1.62 bits per heavy atom. The second-order valence-electron chi connectivity index (χ2n) is 11.5. The molecule has 10 heteroatoms. The first-order chi connectivity index (χ1) is 24.0. The van der Waals surface area contributed by atoms with Gasteiger partial charge in [0.1, 0.15) is 11.5 Å². The fourth-order valence-electron chi connectivity index (χ4n) is 4.80. The molecule has 2 aromatic heterocycles. The largest absolute Gasteiger partial charge is 0.505 e. The van der Waals surface area contributed by atoms with Crippen molar-refractivity contribution in [2.75, 3.05) is 39.8 Å². The number of phenols is 1. The van der Waals surface area contributed by atoms with Crippen LogP contribution in [0.5, 0.6) is 5.75 Å². The molecule has 0 amide bonds. The van der Waals surface area contributed by atoms with Crippen molar-refractivity contribution in [3.63, 3.8) is 0 Å². The normalized spacial score (nSPS) is 10.1. The fraction of sp³-hybridized carbons (Fsp3) is 0.450. The molecule has 0 bridgehead atoms. The van der Waals surface area contributed by atoms with Crippen molar-refractivity contribution >= 4 is 17.0 Å². The molecule has 0 fully saturated rings. The summed E-state index contributed by atoms with van der Waals surface area (Å²) in [5.74, 6) is -0.202. The molecular formula is C40H58FN5O4. The van der Waals surface area contributed by atoms with Gasteiger partial charge in [0.15, 0.2) is 17.3 Å². The molecular weight excluding hydrogens is 633 g/mol. The first-order valence-electron chi connectivity index (χ1n) is 17.3. The number of aromatic amines is 1. The van der Waals surface area contributed by atoms with E-state index in [1.54, 1.807) is 20.4 Å². The minimum Gasteiger partial charge on any atom is -0.505 e. The summed E-state index contributed by atoms with van der Waals surface area (Å²) in [6.07, 6.45) is 8.90. The average molecular weight is 692 g/mol. The number of aromatic nitrogens is 4. The number of anilines is 1. The number of H-pyrrole nitrogens is 1. The van der Waals surface area contributed by atoms with Gasteiger partial charge in [0.05, 0.1) is 17.6 Å². The molecule has 50 heavy (non-hydrogen) atoms. The summed E-state index contributed by atoms with van der Waals surface area (Å²) in [5, 5.41) is 13.0. The maximum Gasteiger partial charge on any atom is 0.179 e. The number of nitrogens with zero attached hydrogens (tertiary/aromatic N) is 3. The SMILES string of the molecule is C=C(c1nc(CC)c(CCC)[nH]1)c1ccc(-c2cc(F)c(O)cc2CC)cc1NC.CC(=O)c1cnc(C)cn1.CCCOC.CCCOC. The molecule has 9 nitrogen and oxygen atoms in total. The molecule has 0 saturated carbocycles. The maximum absolute atomic E-state index is 14.0. The first kappa shape index (κ1) is 43.6. The lowest BCUT2D eigenvalue weighted by molar-refractivity contribution is 0.101. The number of aromatic hydroxyl groups is 1. The van der Waals surface area contributed by atoms with Crippen LogP contribution in [0.25, 0.3) is 16.7 Å². The van der Waals surface area contributed by atoms with Gasteiger partial charge in [0.25, 0.3) is 0 Å². The van der Waals surface area contributed by atoms with Crippen LogP contribution in [-0.2, 0) is 28.7 Å². The van der Waals surface area contributed by atoms with Crippen LogP contribution in [0.1, 0.15) is 105 Å². The molecule has 0 aliphatic heterocycles. The molecule has 274 valence electrons. The summed E-state index contributed by atoms with van der Waals surface area (Å²) in [7, 11) is 5.28. The summed E-state index contributed by atoms with van der Waals surface area (Å²) >= 11 is 0. The van der Waals surface area contributed by atoms with Crippen molar-refractivity contribution in [1.29, 1.82) is 0 Å². The maximum atomic E-state index is 14.0. The van der Waals surface area contributed by atoms with Crippen molar-refractivity contribution in [1.82, 2.24) is 19.9 Å². The van der Waals surface area contributed by atoms with Gasteiger partial charge < -0.3 is 24.9 Å². The second kappa shape index (κ2) is 23.9. The molecule has 0 atom stereocenters. The van der Waals surface area contributed by atoms with Gasteiger partial charge in [-0.15, -0.1) is 0 Å². The highest BCUT2D eigenvalue weighted by Crippen LogP contribution is 2.35. The average Bonchev–Trinajstić information content (AvgIpc) is 3.53. The number of phenolic OH excluding ortho intramolecular Hbond substituents is 1. The Balaban J connectivity index is 0.000000507. The lowest BCUT2D eigenvalue weighted by Crippen LogP contribution is -1.99. The molecule has 2 aromatic carbocycles. The van der Waals surface area contributed by atoms with Crippen molar-refractivity contribution in [2.24, 2.45) is 0 Å². The van der Waals surface area contributed by atoms with Crippen molar-refractivity contribution < 1.29 is 23.8 Å². The van der Waals surface area contributed by atoms with E-state index in [0.717, 1.165) is 96.0 Å². The van der Waals surface area contributed by atoms with Gasteiger partial charge in [-0.1, -0.05) is 59.8 Å². The third-order valence-electron chi connectivity index (χ3n) is 7.42. The molecule has 0 saturated heterocycles. The van der Waals surface area contributed by atoms with Crippen molar-refractivity contribution in [3.8, 4) is 16.9 Å². The Kier molecular flexibility index (Phi) is 20.8. The van der Waals surface area contributed by atoms with E-state index < -0.39 is 5.82 Å². The quantitative estimate of drug-likeness (QED) is 0.119. The van der Waals surface area contributed by atoms with E-state index in [4.69, 9.17) is 14.5 Å². The van der Waals surface area contributed by atoms with E-state index >= 15 is 0 Å². The van der Waals surface area contributed by atoms with Gasteiger partial charge in [-0.25, -0.2) is 14.4 Å².